The fourth-order valence-electron chi connectivity index (χ4n) is 1.52. The lowest BCUT2D eigenvalue weighted by atomic mass is 10.4. The Morgan fingerprint density at radius 1 is 1.00 bits per heavy atom. The maximum absolute atomic E-state index is 13.1. The summed E-state index contributed by atoms with van der Waals surface area (Å²) in [6, 6.07) is 6.34. The Morgan fingerprint density at radius 3 is 2.05 bits per heavy atom. The highest BCUT2D eigenvalue weighted by molar-refractivity contribution is 7.92. The van der Waals surface area contributed by atoms with Crippen LogP contribution >= 0.6 is 0 Å². The van der Waals surface area contributed by atoms with Gasteiger partial charge in [-0.1, -0.05) is 18.2 Å². The summed E-state index contributed by atoms with van der Waals surface area (Å²) in [5, 5.41) is 0. The number of sulfonamides is 1. The Bertz CT molecular complexity index is 675. The molecule has 0 fully saturated rings. The minimum Gasteiger partial charge on any atom is -0.243 e. The van der Waals surface area contributed by atoms with E-state index in [4.69, 9.17) is 0 Å². The van der Waals surface area contributed by atoms with Gasteiger partial charge < -0.3 is 0 Å². The number of rotatable bonds is 3. The molecule has 0 unspecified atom stereocenters. The van der Waals surface area contributed by atoms with Crippen LogP contribution in [0.3, 0.4) is 0 Å². The zero-order valence-electron chi connectivity index (χ0n) is 9.82. The number of anilines is 1. The fraction of sp³-hybridized carbons (Fsp3) is 0.0909. The van der Waals surface area contributed by atoms with Crippen LogP contribution in [0.2, 0.25) is 0 Å². The van der Waals surface area contributed by atoms with Crippen LogP contribution in [0.4, 0.5) is 18.9 Å². The van der Waals surface area contributed by atoms with E-state index in [1.54, 1.807) is 0 Å². The van der Waals surface area contributed by atoms with E-state index in [2.05, 4.69) is 9.97 Å². The molecular formula is C11H8F3N3O2S. The van der Waals surface area contributed by atoms with Crippen molar-refractivity contribution < 1.29 is 21.6 Å². The Labute approximate surface area is 112 Å². The predicted octanol–water partition coefficient (Wildman–Crippen LogP) is 2.19. The van der Waals surface area contributed by atoms with Crippen LogP contribution in [0.25, 0.3) is 0 Å². The molecule has 0 atom stereocenters. The molecule has 1 aromatic carbocycles. The second kappa shape index (κ2) is 5.08. The first-order chi connectivity index (χ1) is 9.33. The number of halogens is 3. The summed E-state index contributed by atoms with van der Waals surface area (Å²) in [6.07, 6.45) is -2.56. The molecule has 5 nitrogen and oxygen atoms in total. The van der Waals surface area contributed by atoms with Crippen LogP contribution in [0.5, 0.6) is 0 Å². The number of hydrogen-bond acceptors (Lipinski definition) is 4. The molecule has 0 aliphatic carbocycles. The highest BCUT2D eigenvalue weighted by atomic mass is 32.2. The molecule has 0 saturated carbocycles. The molecule has 0 aliphatic rings. The average molecular weight is 303 g/mol. The molecule has 0 saturated heterocycles. The van der Waals surface area contributed by atoms with Gasteiger partial charge in [-0.05, 0) is 12.1 Å². The summed E-state index contributed by atoms with van der Waals surface area (Å²) >= 11 is 0. The van der Waals surface area contributed by atoms with Gasteiger partial charge in [-0.15, -0.1) is 13.2 Å². The molecule has 1 aromatic heterocycles. The summed E-state index contributed by atoms with van der Waals surface area (Å²) in [6.45, 7) is 0. The molecule has 2 aromatic rings. The zero-order chi connectivity index (χ0) is 14.8. The average Bonchev–Trinajstić information content (AvgIpc) is 2.39. The number of hydrogen-bond donors (Lipinski definition) is 0. The lowest BCUT2D eigenvalue weighted by Crippen LogP contribution is -2.43. The molecule has 0 amide bonds. The minimum absolute atomic E-state index is 0.471. The van der Waals surface area contributed by atoms with Crippen molar-refractivity contribution in [3.63, 3.8) is 0 Å². The Hall–Kier alpha value is -2.16. The van der Waals surface area contributed by atoms with E-state index in [9.17, 15) is 21.6 Å². The van der Waals surface area contributed by atoms with Crippen molar-refractivity contribution in [2.24, 2.45) is 0 Å². The Balaban J connectivity index is 2.60. The number of nitrogens with zero attached hydrogens (tertiary/aromatic N) is 3. The van der Waals surface area contributed by atoms with Gasteiger partial charge in [-0.25, -0.2) is 18.4 Å². The van der Waals surface area contributed by atoms with Gasteiger partial charge in [0.1, 0.15) is 6.33 Å². The minimum atomic E-state index is -5.13. The molecule has 0 bridgehead atoms. The van der Waals surface area contributed by atoms with E-state index in [0.29, 0.717) is 0 Å². The van der Waals surface area contributed by atoms with E-state index in [1.807, 2.05) is 0 Å². The quantitative estimate of drug-likeness (QED) is 0.815. The standard InChI is InChI=1S/C11H8F3N3O2S/c12-11(13,14)17(9-6-15-8-16-7-9)20(18,19)10-4-2-1-3-5-10/h1-8H. The van der Waals surface area contributed by atoms with Gasteiger partial charge in [0.25, 0.3) is 10.0 Å². The topological polar surface area (TPSA) is 63.2 Å². The van der Waals surface area contributed by atoms with Crippen LogP contribution in [-0.2, 0) is 10.0 Å². The smallest absolute Gasteiger partial charge is 0.243 e. The van der Waals surface area contributed by atoms with Gasteiger partial charge in [0, 0.05) is 0 Å². The summed E-state index contributed by atoms with van der Waals surface area (Å²) in [4.78, 5) is 6.35. The third kappa shape index (κ3) is 2.72. The van der Waals surface area contributed by atoms with E-state index < -0.39 is 31.2 Å². The van der Waals surface area contributed by atoms with E-state index in [-0.39, 0.29) is 0 Å². The fourth-order valence-corrected chi connectivity index (χ4v) is 2.87. The zero-order valence-corrected chi connectivity index (χ0v) is 10.6. The van der Waals surface area contributed by atoms with Gasteiger partial charge in [0.2, 0.25) is 0 Å². The third-order valence-corrected chi connectivity index (χ3v) is 4.06. The monoisotopic (exact) mass is 303 g/mol. The lowest BCUT2D eigenvalue weighted by Gasteiger charge is -2.25. The third-order valence-electron chi connectivity index (χ3n) is 2.29. The van der Waals surface area contributed by atoms with Crippen molar-refractivity contribution in [3.8, 4) is 0 Å². The lowest BCUT2D eigenvalue weighted by molar-refractivity contribution is -0.115. The number of benzene rings is 1. The normalized spacial score (nSPS) is 12.2. The Kier molecular flexibility index (Phi) is 3.62. The molecule has 0 N–H and O–H groups in total. The van der Waals surface area contributed by atoms with Crippen molar-refractivity contribution in [1.29, 1.82) is 0 Å². The van der Waals surface area contributed by atoms with Crippen LogP contribution in [0, 0.1) is 0 Å². The van der Waals surface area contributed by atoms with E-state index in [1.165, 1.54) is 18.2 Å². The molecule has 20 heavy (non-hydrogen) atoms. The van der Waals surface area contributed by atoms with Crippen LogP contribution < -0.4 is 4.31 Å². The van der Waals surface area contributed by atoms with E-state index in [0.717, 1.165) is 30.9 Å². The second-order valence-electron chi connectivity index (χ2n) is 3.65. The van der Waals surface area contributed by atoms with Crippen molar-refractivity contribution in [1.82, 2.24) is 9.97 Å². The van der Waals surface area contributed by atoms with Crippen LogP contribution in [0.1, 0.15) is 0 Å². The second-order valence-corrected chi connectivity index (χ2v) is 5.43. The van der Waals surface area contributed by atoms with Gasteiger partial charge >= 0.3 is 6.30 Å². The number of aromatic nitrogens is 2. The van der Waals surface area contributed by atoms with Gasteiger partial charge in [0.05, 0.1) is 23.0 Å². The highest BCUT2D eigenvalue weighted by Crippen LogP contribution is 2.33. The molecule has 1 heterocycles. The summed E-state index contributed by atoms with van der Waals surface area (Å²) in [7, 11) is -4.78. The van der Waals surface area contributed by atoms with Gasteiger partial charge in [-0.3, -0.25) is 0 Å². The SMILES string of the molecule is O=S(=O)(c1ccccc1)N(c1cncnc1)C(F)(F)F. The molecule has 2 rings (SSSR count). The van der Waals surface area contributed by atoms with Crippen LogP contribution in [-0.4, -0.2) is 24.7 Å². The first-order valence-electron chi connectivity index (χ1n) is 5.26. The highest BCUT2D eigenvalue weighted by Gasteiger charge is 2.46. The van der Waals surface area contributed by atoms with Crippen molar-refractivity contribution in [3.05, 3.63) is 49.1 Å². The van der Waals surface area contributed by atoms with Gasteiger partial charge in [-0.2, -0.15) is 4.31 Å². The Morgan fingerprint density at radius 2 is 1.55 bits per heavy atom. The molecule has 0 spiro atoms. The van der Waals surface area contributed by atoms with Crippen LogP contribution in [0.15, 0.2) is 53.9 Å². The first kappa shape index (κ1) is 14.3. The molecule has 0 radical (unpaired) electrons. The largest absolute Gasteiger partial charge is 0.498 e. The molecular weight excluding hydrogens is 295 g/mol. The molecule has 9 heteroatoms. The predicted molar refractivity (Wildman–Crippen MR) is 64.2 cm³/mol. The first-order valence-corrected chi connectivity index (χ1v) is 6.70. The summed E-state index contributed by atoms with van der Waals surface area (Å²) in [5.41, 5.74) is -0.677. The maximum Gasteiger partial charge on any atom is 0.498 e. The summed E-state index contributed by atoms with van der Waals surface area (Å²) in [5.74, 6) is 0. The van der Waals surface area contributed by atoms with Gasteiger partial charge in [0.15, 0.2) is 0 Å². The van der Waals surface area contributed by atoms with Crippen molar-refractivity contribution in [2.45, 2.75) is 11.2 Å². The van der Waals surface area contributed by atoms with Crippen molar-refractivity contribution >= 4 is 15.7 Å². The van der Waals surface area contributed by atoms with Crippen molar-refractivity contribution in [2.75, 3.05) is 4.31 Å². The van der Waals surface area contributed by atoms with E-state index >= 15 is 0 Å². The number of alkyl halides is 3. The maximum atomic E-state index is 13.1. The molecule has 0 aliphatic heterocycles. The molecule has 106 valence electrons. The summed E-state index contributed by atoms with van der Waals surface area (Å²) < 4.78 is 62.8.